The van der Waals surface area contributed by atoms with Crippen molar-refractivity contribution < 1.29 is 14.6 Å². The summed E-state index contributed by atoms with van der Waals surface area (Å²) in [6, 6.07) is 14.0. The molecule has 0 bridgehead atoms. The minimum absolute atomic E-state index is 0.202. The van der Waals surface area contributed by atoms with Crippen molar-refractivity contribution in [1.82, 2.24) is 39.7 Å². The monoisotopic (exact) mass is 601 g/mol. The first-order valence-electron chi connectivity index (χ1n) is 13.7. The molecule has 0 saturated carbocycles. The maximum atomic E-state index is 13.5. The minimum atomic E-state index is -1.04. The molecule has 0 unspecified atom stereocenters. The number of carbonyl (C=O) groups is 1. The zero-order valence-corrected chi connectivity index (χ0v) is 24.2. The number of aryl methyl sites for hydroxylation is 2. The lowest BCUT2D eigenvalue weighted by atomic mass is 10.1. The van der Waals surface area contributed by atoms with E-state index in [0.717, 1.165) is 16.8 Å². The molecule has 43 heavy (non-hydrogen) atoms. The van der Waals surface area contributed by atoms with Gasteiger partial charge in [0, 0.05) is 49.6 Å². The third-order valence-corrected chi connectivity index (χ3v) is 7.68. The molecule has 2 N–H and O–H groups in total. The molecule has 14 heteroatoms. The minimum Gasteiger partial charge on any atom is -0.465 e. The number of carboxylic acid groups (broad SMARTS) is 1. The van der Waals surface area contributed by atoms with Crippen LogP contribution in [0.4, 0.5) is 10.5 Å². The Hall–Kier alpha value is -4.88. The summed E-state index contributed by atoms with van der Waals surface area (Å²) in [4.78, 5) is 39.4. The van der Waals surface area contributed by atoms with E-state index >= 15 is 0 Å². The average Bonchev–Trinajstić information content (AvgIpc) is 3.76. The first kappa shape index (κ1) is 28.2. The number of halogens is 1. The van der Waals surface area contributed by atoms with Gasteiger partial charge in [-0.3, -0.25) is 14.3 Å². The van der Waals surface area contributed by atoms with Gasteiger partial charge in [0.1, 0.15) is 28.8 Å². The van der Waals surface area contributed by atoms with E-state index in [1.807, 2.05) is 25.1 Å². The van der Waals surface area contributed by atoms with E-state index in [4.69, 9.17) is 26.3 Å². The maximum absolute atomic E-state index is 13.5. The lowest BCUT2D eigenvalue weighted by Gasteiger charge is -2.19. The quantitative estimate of drug-likeness (QED) is 0.235. The molecule has 5 aromatic rings. The van der Waals surface area contributed by atoms with Crippen LogP contribution in [0.2, 0.25) is 5.15 Å². The fourth-order valence-electron chi connectivity index (χ4n) is 5.39. The van der Waals surface area contributed by atoms with E-state index in [-0.39, 0.29) is 11.6 Å². The van der Waals surface area contributed by atoms with Crippen molar-refractivity contribution in [2.75, 3.05) is 25.2 Å². The van der Waals surface area contributed by atoms with Crippen molar-refractivity contribution in [2.24, 2.45) is 0 Å². The van der Waals surface area contributed by atoms with Crippen LogP contribution < -0.4 is 10.5 Å². The van der Waals surface area contributed by atoms with Gasteiger partial charge in [-0.25, -0.2) is 14.8 Å². The highest BCUT2D eigenvalue weighted by molar-refractivity contribution is 6.31. The van der Waals surface area contributed by atoms with Crippen LogP contribution in [0.1, 0.15) is 36.1 Å². The second kappa shape index (κ2) is 11.8. The number of ether oxygens (including phenoxy) is 1. The first-order chi connectivity index (χ1) is 20.8. The number of anilines is 1. The highest BCUT2D eigenvalue weighted by atomic mass is 35.5. The lowest BCUT2D eigenvalue weighted by molar-refractivity contribution is 0.189. The molecule has 4 heterocycles. The number of nitrogens with zero attached hydrogens (tertiary/aromatic N) is 8. The lowest BCUT2D eigenvalue weighted by Crippen LogP contribution is -2.30. The summed E-state index contributed by atoms with van der Waals surface area (Å²) in [5.41, 5.74) is 4.59. The summed E-state index contributed by atoms with van der Waals surface area (Å²) in [7, 11) is 1.58. The molecule has 1 aliphatic heterocycles. The number of hydrogen-bond acceptors (Lipinski definition) is 8. The van der Waals surface area contributed by atoms with E-state index < -0.39 is 6.09 Å². The van der Waals surface area contributed by atoms with Crippen LogP contribution in [0, 0.1) is 6.92 Å². The number of nitrogens with one attached hydrogen (secondary N) is 1. The molecule has 0 spiro atoms. The number of H-pyrrole nitrogens is 1. The zero-order valence-electron chi connectivity index (χ0n) is 23.4. The number of tetrazole rings is 1. The molecule has 2 aromatic carbocycles. The first-order valence-corrected chi connectivity index (χ1v) is 14.0. The number of aromatic amines is 1. The Morgan fingerprint density at radius 1 is 1.19 bits per heavy atom. The summed E-state index contributed by atoms with van der Waals surface area (Å²) in [5, 5.41) is 21.4. The summed E-state index contributed by atoms with van der Waals surface area (Å²) in [6.07, 6.45) is 2.23. The van der Waals surface area contributed by atoms with Gasteiger partial charge in [-0.05, 0) is 54.5 Å². The molecule has 1 amide bonds. The number of benzene rings is 2. The van der Waals surface area contributed by atoms with Crippen LogP contribution in [0.5, 0.6) is 0 Å². The summed E-state index contributed by atoms with van der Waals surface area (Å²) in [6.45, 7) is 2.75. The Balaban J connectivity index is 1.29. The van der Waals surface area contributed by atoms with Crippen LogP contribution in [0.25, 0.3) is 28.2 Å². The second-order valence-corrected chi connectivity index (χ2v) is 10.6. The van der Waals surface area contributed by atoms with Gasteiger partial charge in [0.25, 0.3) is 5.56 Å². The third kappa shape index (κ3) is 5.51. The van der Waals surface area contributed by atoms with Gasteiger partial charge < -0.3 is 14.8 Å². The number of aromatic nitrogens is 8. The van der Waals surface area contributed by atoms with Crippen LogP contribution in [0.3, 0.4) is 0 Å². The Morgan fingerprint density at radius 2 is 2.00 bits per heavy atom. The van der Waals surface area contributed by atoms with Crippen molar-refractivity contribution in [3.05, 3.63) is 87.6 Å². The van der Waals surface area contributed by atoms with Crippen LogP contribution in [-0.2, 0) is 11.2 Å². The summed E-state index contributed by atoms with van der Waals surface area (Å²) >= 11 is 6.59. The van der Waals surface area contributed by atoms with Crippen LogP contribution in [0.15, 0.2) is 59.7 Å². The smallest absolute Gasteiger partial charge is 0.411 e. The van der Waals surface area contributed by atoms with Crippen molar-refractivity contribution in [3.63, 3.8) is 0 Å². The fourth-order valence-corrected chi connectivity index (χ4v) is 5.63. The van der Waals surface area contributed by atoms with Crippen molar-refractivity contribution in [3.8, 4) is 28.2 Å². The van der Waals surface area contributed by atoms with Gasteiger partial charge in [-0.15, -0.1) is 5.10 Å². The Labute approximate surface area is 250 Å². The standard InChI is InChI=1S/C29H28ClN9O4/c1-17-4-9-22(38-16-31-35-36-38)20(14-17)21-15-25(40)39-23(10-11-24(39)32-21)28-33-26(27(30)34-28)18-5-7-19(8-6-18)37(29(41)42)12-3-13-43-2/h4-9,14-16,23H,3,10-13H2,1-2H3,(H,33,34)(H,41,42)/t23-/m0/s1. The van der Waals surface area contributed by atoms with Crippen LogP contribution >= 0.6 is 11.6 Å². The number of methoxy groups -OCH3 is 1. The fraction of sp³-hybridized carbons (Fsp3) is 0.276. The molecule has 220 valence electrons. The molecular weight excluding hydrogens is 574 g/mol. The molecule has 13 nitrogen and oxygen atoms in total. The summed E-state index contributed by atoms with van der Waals surface area (Å²) in [5.74, 6) is 1.20. The number of fused-ring (bicyclic) bond motifs is 1. The molecule has 0 radical (unpaired) electrons. The molecule has 0 saturated heterocycles. The number of hydrogen-bond donors (Lipinski definition) is 2. The topological polar surface area (TPSA) is 157 Å². The van der Waals surface area contributed by atoms with Gasteiger partial charge in [0.2, 0.25) is 0 Å². The second-order valence-electron chi connectivity index (χ2n) is 10.2. The number of imidazole rings is 1. The molecular formula is C29H28ClN9O4. The van der Waals surface area contributed by atoms with Crippen LogP contribution in [-0.4, -0.2) is 71.2 Å². The SMILES string of the molecule is COCCCN(C(=O)O)c1ccc(-c2nc([C@@H]3CCc4nc(-c5cc(C)ccc5-n5cnnn5)cc(=O)n43)[nH]c2Cl)cc1. The molecule has 3 aromatic heterocycles. The Morgan fingerprint density at radius 3 is 2.72 bits per heavy atom. The van der Waals surface area contributed by atoms with Gasteiger partial charge in [-0.1, -0.05) is 35.4 Å². The highest BCUT2D eigenvalue weighted by Gasteiger charge is 2.30. The summed E-state index contributed by atoms with van der Waals surface area (Å²) < 4.78 is 8.24. The third-order valence-electron chi connectivity index (χ3n) is 7.41. The highest BCUT2D eigenvalue weighted by Crippen LogP contribution is 2.35. The van der Waals surface area contributed by atoms with E-state index in [1.165, 1.54) is 17.3 Å². The predicted octanol–water partition coefficient (Wildman–Crippen LogP) is 4.29. The normalized spacial score (nSPS) is 14.2. The number of amides is 1. The zero-order chi connectivity index (χ0) is 30.1. The number of rotatable bonds is 9. The van der Waals surface area contributed by atoms with Gasteiger partial charge in [0.15, 0.2) is 0 Å². The average molecular weight is 602 g/mol. The maximum Gasteiger partial charge on any atom is 0.411 e. The van der Waals surface area contributed by atoms with Gasteiger partial charge >= 0.3 is 6.09 Å². The Kier molecular flexibility index (Phi) is 7.74. The molecule has 1 aliphatic rings. The van der Waals surface area contributed by atoms with E-state index in [1.54, 1.807) is 40.6 Å². The van der Waals surface area contributed by atoms with Crippen molar-refractivity contribution in [2.45, 2.75) is 32.2 Å². The predicted molar refractivity (Wildman–Crippen MR) is 159 cm³/mol. The van der Waals surface area contributed by atoms with E-state index in [9.17, 15) is 14.7 Å². The molecule has 0 aliphatic carbocycles. The Bertz CT molecular complexity index is 1830. The van der Waals surface area contributed by atoms with Crippen molar-refractivity contribution >= 4 is 23.4 Å². The molecule has 6 rings (SSSR count). The van der Waals surface area contributed by atoms with Crippen molar-refractivity contribution in [1.29, 1.82) is 0 Å². The largest absolute Gasteiger partial charge is 0.465 e. The van der Waals surface area contributed by atoms with Gasteiger partial charge in [-0.2, -0.15) is 4.68 Å². The molecule has 1 atom stereocenters. The molecule has 0 fully saturated rings. The van der Waals surface area contributed by atoms with E-state index in [2.05, 4.69) is 20.5 Å². The van der Waals surface area contributed by atoms with E-state index in [0.29, 0.717) is 71.9 Å². The van der Waals surface area contributed by atoms with Gasteiger partial charge in [0.05, 0.1) is 17.4 Å².